The molecule has 0 atom stereocenters. The van der Waals surface area contributed by atoms with Crippen molar-refractivity contribution in [3.8, 4) is 0 Å². The van der Waals surface area contributed by atoms with Gasteiger partial charge in [-0.15, -0.1) is 0 Å². The maximum atomic E-state index is 11.5. The maximum Gasteiger partial charge on any atom is 0.349 e. The number of aromatic nitrogens is 18. The molecule has 0 unspecified atom stereocenters. The quantitative estimate of drug-likeness (QED) is 0.0937. The average molecular weight is 1050 g/mol. The summed E-state index contributed by atoms with van der Waals surface area (Å²) in [7, 11) is 0. The van der Waals surface area contributed by atoms with Gasteiger partial charge in [0.25, 0.3) is 16.7 Å². The topological polar surface area (TPSA) is 378 Å². The molecule has 0 saturated carbocycles. The van der Waals surface area contributed by atoms with E-state index < -0.39 is 0 Å². The molecule has 10 rings (SSSR count). The van der Waals surface area contributed by atoms with Crippen LogP contribution in [0.2, 0.25) is 0 Å². The van der Waals surface area contributed by atoms with Crippen molar-refractivity contribution in [2.75, 3.05) is 17.2 Å². The Morgan fingerprint density at radius 1 is 0.539 bits per heavy atom. The lowest BCUT2D eigenvalue weighted by molar-refractivity contribution is 0.561. The van der Waals surface area contributed by atoms with E-state index in [1.165, 1.54) is 53.2 Å². The van der Waals surface area contributed by atoms with Crippen LogP contribution in [0, 0.1) is 13.8 Å². The number of fused-ring (bicyclic) bond motifs is 4. The van der Waals surface area contributed by atoms with Gasteiger partial charge < -0.3 is 46.3 Å². The molecular formula is C50H73N21O5. The zero-order valence-corrected chi connectivity index (χ0v) is 45.7. The molecule has 0 fully saturated rings. The van der Waals surface area contributed by atoms with Gasteiger partial charge in [0.1, 0.15) is 52.8 Å². The first kappa shape index (κ1) is 61.2. The van der Waals surface area contributed by atoms with Crippen molar-refractivity contribution < 1.29 is 0 Å². The normalized spacial score (nSPS) is 10.4. The van der Waals surface area contributed by atoms with Crippen LogP contribution in [0.15, 0.2) is 98.3 Å². The molecule has 0 spiro atoms. The Morgan fingerprint density at radius 3 is 1.66 bits per heavy atom. The molecule has 0 aliphatic rings. The number of hydrogen-bond donors (Lipinski definition) is 8. The zero-order chi connectivity index (χ0) is 56.8. The van der Waals surface area contributed by atoms with Crippen LogP contribution in [0.25, 0.3) is 44.4 Å². The highest BCUT2D eigenvalue weighted by Crippen LogP contribution is 2.16. The summed E-state index contributed by atoms with van der Waals surface area (Å²) in [5, 5.41) is 1.53. The van der Waals surface area contributed by atoms with Crippen LogP contribution in [0.5, 0.6) is 0 Å². The van der Waals surface area contributed by atoms with Gasteiger partial charge in [0.05, 0.1) is 23.4 Å². The molecule has 10 heterocycles. The second-order valence-corrected chi connectivity index (χ2v) is 17.8. The SMILES string of the molecule is CC(C)n1ccc(=O)[nH]c1=O.CC(C)n1ccc(N)nc1=O.CCC.CCC.Cc1nc2c(ccn2C(C)C)c(=O)[nH]1.Cc1nc2c(ncn2C(C)C)c(=O)[nH]1.Nc1ncnc2[nH]ccc12.Nc1ncnc2nc[nH]c12. The highest BCUT2D eigenvalue weighted by molar-refractivity contribution is 5.85. The zero-order valence-electron chi connectivity index (χ0n) is 45.7. The van der Waals surface area contributed by atoms with E-state index in [0.29, 0.717) is 57.0 Å². The van der Waals surface area contributed by atoms with Gasteiger partial charge in [0, 0.05) is 55.0 Å². The van der Waals surface area contributed by atoms with E-state index in [4.69, 9.17) is 17.2 Å². The highest BCUT2D eigenvalue weighted by Gasteiger charge is 2.11. The molecule has 76 heavy (non-hydrogen) atoms. The van der Waals surface area contributed by atoms with Gasteiger partial charge in [-0.2, -0.15) is 4.98 Å². The summed E-state index contributed by atoms with van der Waals surface area (Å²) >= 11 is 0. The first-order valence-corrected chi connectivity index (χ1v) is 24.6. The number of nitrogens with one attached hydrogen (secondary N) is 5. The Morgan fingerprint density at radius 2 is 1.09 bits per heavy atom. The molecule has 0 aliphatic heterocycles. The van der Waals surface area contributed by atoms with Crippen molar-refractivity contribution >= 4 is 61.8 Å². The van der Waals surface area contributed by atoms with Gasteiger partial charge in [-0.3, -0.25) is 28.5 Å². The lowest BCUT2D eigenvalue weighted by Crippen LogP contribution is -2.29. The summed E-state index contributed by atoms with van der Waals surface area (Å²) < 4.78 is 6.87. The van der Waals surface area contributed by atoms with E-state index in [0.717, 1.165) is 16.7 Å². The molecule has 0 amide bonds. The van der Waals surface area contributed by atoms with Crippen molar-refractivity contribution in [1.82, 2.24) is 88.0 Å². The minimum absolute atomic E-state index is 0.0631. The summed E-state index contributed by atoms with van der Waals surface area (Å²) in [6.07, 6.45) is 15.3. The van der Waals surface area contributed by atoms with Crippen LogP contribution in [0.1, 0.15) is 132 Å². The molecule has 408 valence electrons. The summed E-state index contributed by atoms with van der Waals surface area (Å²) in [6.45, 7) is 27.8. The van der Waals surface area contributed by atoms with Crippen LogP contribution in [-0.2, 0) is 0 Å². The fourth-order valence-corrected chi connectivity index (χ4v) is 6.31. The van der Waals surface area contributed by atoms with E-state index >= 15 is 0 Å². The third kappa shape index (κ3) is 17.5. The monoisotopic (exact) mass is 1050 g/mol. The summed E-state index contributed by atoms with van der Waals surface area (Å²) in [6, 6.07) is 7.40. The standard InChI is InChI=1S/C10H13N3O.C9H12N4O.C7H11N3O.C7H10N2O2.C6H6N4.C5H5N5.2C3H8/c1-6(2)13-5-4-8-9(13)11-7(3)12-10(8)14;1-5(2)13-4-10-7-8(13)11-6(3)12-9(7)14;1-5(2)10-4-3-6(8)9-7(10)11;1-5(2)9-4-3-6(10)8-7(9)11;7-5-4-1-2-8-6(4)10-3-9-5;6-4-3-5(9-1-7-3)10-2-8-4;2*1-3-2/h4-6H,1-3H3,(H,11,12,14);4-5H,1-3H3,(H,11,12,14);3-5H,1-2H3,(H2,8,9,11);3-5H,1-2H3,(H,8,10,11);1-3H,(H3,7,8,9,10);1-2H,(H3,6,7,8,9,10);2*3H2,1-2H3. The lowest BCUT2D eigenvalue weighted by atomic mass is 10.4. The van der Waals surface area contributed by atoms with Gasteiger partial charge in [-0.05, 0) is 87.4 Å². The Kier molecular flexibility index (Phi) is 23.8. The third-order valence-electron chi connectivity index (χ3n) is 9.82. The van der Waals surface area contributed by atoms with Gasteiger partial charge in [0.15, 0.2) is 22.6 Å². The van der Waals surface area contributed by atoms with E-state index in [1.807, 2.05) is 62.9 Å². The number of hydrogen-bond acceptors (Lipinski definition) is 17. The minimum Gasteiger partial charge on any atom is -0.383 e. The van der Waals surface area contributed by atoms with Crippen LogP contribution >= 0.6 is 0 Å². The van der Waals surface area contributed by atoms with E-state index in [-0.39, 0.29) is 52.0 Å². The van der Waals surface area contributed by atoms with Crippen LogP contribution in [-0.4, -0.2) is 88.0 Å². The predicted octanol–water partition coefficient (Wildman–Crippen LogP) is 6.45. The lowest BCUT2D eigenvalue weighted by Gasteiger charge is -2.07. The molecular weight excluding hydrogens is 975 g/mol. The van der Waals surface area contributed by atoms with Crippen molar-refractivity contribution in [3.63, 3.8) is 0 Å². The fraction of sp³-hybridized carbons (Fsp3) is 0.400. The molecule has 11 N–H and O–H groups in total. The third-order valence-corrected chi connectivity index (χ3v) is 9.82. The largest absolute Gasteiger partial charge is 0.383 e. The van der Waals surface area contributed by atoms with Gasteiger partial charge in [0.2, 0.25) is 0 Å². The number of nitrogen functional groups attached to an aromatic ring is 3. The van der Waals surface area contributed by atoms with Crippen LogP contribution in [0.4, 0.5) is 17.5 Å². The Labute approximate surface area is 437 Å². The Bertz CT molecular complexity index is 3490. The number of rotatable bonds is 4. The fourth-order valence-electron chi connectivity index (χ4n) is 6.31. The molecule has 10 aromatic heterocycles. The Balaban J connectivity index is 0.000000236. The van der Waals surface area contributed by atoms with Crippen LogP contribution in [0.3, 0.4) is 0 Å². The first-order valence-electron chi connectivity index (χ1n) is 24.6. The second kappa shape index (κ2) is 29.6. The maximum absolute atomic E-state index is 11.5. The molecule has 10 aromatic rings. The average Bonchev–Trinajstić information content (AvgIpc) is 4.18. The van der Waals surface area contributed by atoms with E-state index in [9.17, 15) is 24.0 Å². The molecule has 0 radical (unpaired) electrons. The van der Waals surface area contributed by atoms with Crippen molar-refractivity contribution in [2.24, 2.45) is 0 Å². The van der Waals surface area contributed by atoms with Gasteiger partial charge in [-0.1, -0.05) is 40.5 Å². The number of nitrogens with zero attached hydrogens (tertiary/aromatic N) is 13. The van der Waals surface area contributed by atoms with Crippen molar-refractivity contribution in [1.29, 1.82) is 0 Å². The molecule has 0 saturated heterocycles. The number of nitrogens with two attached hydrogens (primary N) is 3. The molecule has 0 aliphatic carbocycles. The molecule has 0 bridgehead atoms. The number of aryl methyl sites for hydroxylation is 2. The second-order valence-electron chi connectivity index (χ2n) is 17.8. The van der Waals surface area contributed by atoms with E-state index in [1.54, 1.807) is 44.7 Å². The number of aromatic amines is 5. The number of H-pyrrole nitrogens is 5. The van der Waals surface area contributed by atoms with Gasteiger partial charge >= 0.3 is 11.4 Å². The summed E-state index contributed by atoms with van der Waals surface area (Å²) in [5.74, 6) is 2.49. The first-order chi connectivity index (χ1) is 36.0. The smallest absolute Gasteiger partial charge is 0.349 e. The minimum atomic E-state index is -0.355. The molecule has 26 heteroatoms. The molecule has 0 aromatic carbocycles. The van der Waals surface area contributed by atoms with Crippen LogP contribution < -0.4 is 45.3 Å². The summed E-state index contributed by atoms with van der Waals surface area (Å²) in [4.78, 5) is 104. The van der Waals surface area contributed by atoms with Gasteiger partial charge in [-0.25, -0.2) is 49.5 Å². The summed E-state index contributed by atoms with van der Waals surface area (Å²) in [5.41, 5.74) is 19.0. The number of anilines is 3. The van der Waals surface area contributed by atoms with Crippen molar-refractivity contribution in [2.45, 2.75) is 134 Å². The molecule has 26 nitrogen and oxygen atoms in total. The van der Waals surface area contributed by atoms with Crippen molar-refractivity contribution in [3.05, 3.63) is 138 Å². The Hall–Kier alpha value is -9.10. The predicted molar refractivity (Wildman–Crippen MR) is 300 cm³/mol. The highest BCUT2D eigenvalue weighted by atomic mass is 16.2. The van der Waals surface area contributed by atoms with E-state index in [2.05, 4.69) is 111 Å². The number of imidazole rings is 2.